The van der Waals surface area contributed by atoms with Crippen LogP contribution in [-0.4, -0.2) is 20.2 Å². The van der Waals surface area contributed by atoms with Gasteiger partial charge in [0.1, 0.15) is 0 Å². The number of hydrogen-bond donors (Lipinski definition) is 2. The Morgan fingerprint density at radius 3 is 2.78 bits per heavy atom. The zero-order valence-corrected chi connectivity index (χ0v) is 13.4. The molecule has 2 aromatic heterocycles. The fraction of sp³-hybridized carbons (Fsp3) is 0.0667. The Morgan fingerprint density at radius 2 is 1.96 bits per heavy atom. The lowest BCUT2D eigenvalue weighted by atomic mass is 10.3. The van der Waals surface area contributed by atoms with Crippen LogP contribution >= 0.6 is 23.2 Å². The molecule has 3 aromatic rings. The third kappa shape index (κ3) is 4.06. The maximum absolute atomic E-state index is 6.13. The Labute approximate surface area is 142 Å². The van der Waals surface area contributed by atoms with Crippen molar-refractivity contribution in [3.63, 3.8) is 0 Å². The summed E-state index contributed by atoms with van der Waals surface area (Å²) in [5, 5.41) is 14.8. The van der Waals surface area contributed by atoms with Crippen LogP contribution in [0.2, 0.25) is 10.0 Å². The van der Waals surface area contributed by atoms with Crippen molar-refractivity contribution in [2.24, 2.45) is 0 Å². The van der Waals surface area contributed by atoms with Crippen LogP contribution in [0.5, 0.6) is 0 Å². The molecule has 2 N–H and O–H groups in total. The van der Waals surface area contributed by atoms with Crippen molar-refractivity contribution in [1.82, 2.24) is 20.2 Å². The standard InChI is InChI=1S/C15H12Cl2N6/c16-11-5-3-6-12(14(11)17)21-15-22-13(9-20-23-15)19-8-10-4-1-2-7-18-10/h1-7,9H,8H2,(H2,19,21,22,23). The van der Waals surface area contributed by atoms with Crippen LogP contribution in [0.4, 0.5) is 17.5 Å². The van der Waals surface area contributed by atoms with Crippen molar-refractivity contribution in [3.05, 3.63) is 64.5 Å². The van der Waals surface area contributed by atoms with Crippen LogP contribution in [0.1, 0.15) is 5.69 Å². The monoisotopic (exact) mass is 346 g/mol. The van der Waals surface area contributed by atoms with Crippen LogP contribution in [-0.2, 0) is 6.54 Å². The number of nitrogens with zero attached hydrogens (tertiary/aromatic N) is 4. The topological polar surface area (TPSA) is 75.6 Å². The molecule has 0 amide bonds. The predicted octanol–water partition coefficient (Wildman–Crippen LogP) is 3.93. The minimum absolute atomic E-state index is 0.320. The van der Waals surface area contributed by atoms with Crippen LogP contribution < -0.4 is 10.6 Å². The first kappa shape index (κ1) is 15.5. The molecule has 0 radical (unpaired) electrons. The lowest BCUT2D eigenvalue weighted by Gasteiger charge is -2.09. The fourth-order valence-electron chi connectivity index (χ4n) is 1.85. The van der Waals surface area contributed by atoms with E-state index in [1.165, 1.54) is 6.20 Å². The molecule has 0 aliphatic heterocycles. The van der Waals surface area contributed by atoms with E-state index in [0.717, 1.165) is 5.69 Å². The summed E-state index contributed by atoms with van der Waals surface area (Å²) < 4.78 is 0. The zero-order valence-electron chi connectivity index (χ0n) is 11.9. The maximum atomic E-state index is 6.13. The minimum Gasteiger partial charge on any atom is -0.363 e. The number of nitrogens with one attached hydrogen (secondary N) is 2. The Kier molecular flexibility index (Phi) is 4.85. The van der Waals surface area contributed by atoms with Crippen molar-refractivity contribution in [1.29, 1.82) is 0 Å². The number of halogens is 2. The van der Waals surface area contributed by atoms with Crippen molar-refractivity contribution >= 4 is 40.7 Å². The highest BCUT2D eigenvalue weighted by Crippen LogP contribution is 2.30. The molecule has 0 fully saturated rings. The van der Waals surface area contributed by atoms with Crippen molar-refractivity contribution in [2.75, 3.05) is 10.6 Å². The van der Waals surface area contributed by atoms with Crippen LogP contribution in [0.25, 0.3) is 0 Å². The molecular formula is C15H12Cl2N6. The Morgan fingerprint density at radius 1 is 1.04 bits per heavy atom. The summed E-state index contributed by atoms with van der Waals surface area (Å²) >= 11 is 12.1. The van der Waals surface area contributed by atoms with Crippen LogP contribution in [0.15, 0.2) is 48.8 Å². The number of anilines is 3. The van der Waals surface area contributed by atoms with Crippen molar-refractivity contribution in [3.8, 4) is 0 Å². The molecule has 23 heavy (non-hydrogen) atoms. The van der Waals surface area contributed by atoms with Gasteiger partial charge < -0.3 is 10.6 Å². The molecule has 0 saturated heterocycles. The number of rotatable bonds is 5. The average molecular weight is 347 g/mol. The SMILES string of the molecule is Clc1cccc(Nc2nncc(NCc3ccccn3)n2)c1Cl. The molecule has 0 aliphatic rings. The first-order valence-electron chi connectivity index (χ1n) is 6.77. The molecule has 3 rings (SSSR count). The molecule has 0 bridgehead atoms. The van der Waals surface area contributed by atoms with E-state index in [0.29, 0.717) is 34.0 Å². The van der Waals surface area contributed by atoms with Crippen molar-refractivity contribution in [2.45, 2.75) is 6.54 Å². The third-order valence-corrected chi connectivity index (χ3v) is 3.75. The molecular weight excluding hydrogens is 335 g/mol. The Hall–Kier alpha value is -2.44. The highest BCUT2D eigenvalue weighted by atomic mass is 35.5. The van der Waals surface area contributed by atoms with Gasteiger partial charge in [-0.15, -0.1) is 5.10 Å². The summed E-state index contributed by atoms with van der Waals surface area (Å²) in [7, 11) is 0. The van der Waals surface area contributed by atoms with Gasteiger partial charge in [0.25, 0.3) is 0 Å². The molecule has 6 nitrogen and oxygen atoms in total. The molecule has 2 heterocycles. The van der Waals surface area contributed by atoms with E-state index >= 15 is 0 Å². The normalized spacial score (nSPS) is 10.3. The maximum Gasteiger partial charge on any atom is 0.249 e. The number of pyridine rings is 1. The number of benzene rings is 1. The molecule has 8 heteroatoms. The summed E-state index contributed by atoms with van der Waals surface area (Å²) in [6.07, 6.45) is 3.27. The molecule has 0 unspecified atom stereocenters. The summed E-state index contributed by atoms with van der Waals surface area (Å²) in [6.45, 7) is 0.539. The third-order valence-electron chi connectivity index (χ3n) is 2.93. The summed E-state index contributed by atoms with van der Waals surface area (Å²) in [6, 6.07) is 11.0. The van der Waals surface area contributed by atoms with Gasteiger partial charge in [-0.05, 0) is 24.3 Å². The van der Waals surface area contributed by atoms with E-state index in [4.69, 9.17) is 23.2 Å². The molecule has 0 spiro atoms. The Balaban J connectivity index is 1.71. The van der Waals surface area contributed by atoms with E-state index in [-0.39, 0.29) is 0 Å². The van der Waals surface area contributed by atoms with E-state index in [1.807, 2.05) is 18.2 Å². The highest BCUT2D eigenvalue weighted by molar-refractivity contribution is 6.43. The molecule has 0 saturated carbocycles. The quantitative estimate of drug-likeness (QED) is 0.728. The number of hydrogen-bond acceptors (Lipinski definition) is 6. The Bertz CT molecular complexity index is 797. The van der Waals surface area contributed by atoms with E-state index < -0.39 is 0 Å². The number of aromatic nitrogens is 4. The fourth-order valence-corrected chi connectivity index (χ4v) is 2.19. The predicted molar refractivity (Wildman–Crippen MR) is 91.1 cm³/mol. The molecule has 0 atom stereocenters. The lowest BCUT2D eigenvalue weighted by Crippen LogP contribution is -2.06. The van der Waals surface area contributed by atoms with E-state index in [1.54, 1.807) is 24.4 Å². The smallest absolute Gasteiger partial charge is 0.249 e. The van der Waals surface area contributed by atoms with Crippen LogP contribution in [0, 0.1) is 0 Å². The molecule has 116 valence electrons. The molecule has 1 aromatic carbocycles. The summed E-state index contributed by atoms with van der Waals surface area (Å²) in [5.74, 6) is 0.895. The minimum atomic E-state index is 0.320. The van der Waals surface area contributed by atoms with Gasteiger partial charge in [-0.3, -0.25) is 4.98 Å². The summed E-state index contributed by atoms with van der Waals surface area (Å²) in [4.78, 5) is 8.56. The second-order valence-corrected chi connectivity index (χ2v) is 5.35. The van der Waals surface area contributed by atoms with Gasteiger partial charge in [0.15, 0.2) is 5.82 Å². The average Bonchev–Trinajstić information content (AvgIpc) is 2.59. The van der Waals surface area contributed by atoms with Crippen LogP contribution in [0.3, 0.4) is 0 Å². The lowest BCUT2D eigenvalue weighted by molar-refractivity contribution is 0.955. The van der Waals surface area contributed by atoms with Gasteiger partial charge in [0, 0.05) is 6.20 Å². The zero-order chi connectivity index (χ0) is 16.1. The second kappa shape index (κ2) is 7.21. The van der Waals surface area contributed by atoms with Gasteiger partial charge in [-0.25, -0.2) is 0 Å². The second-order valence-electron chi connectivity index (χ2n) is 4.57. The van der Waals surface area contributed by atoms with Gasteiger partial charge in [-0.1, -0.05) is 35.3 Å². The first-order chi connectivity index (χ1) is 11.2. The van der Waals surface area contributed by atoms with E-state index in [2.05, 4.69) is 30.8 Å². The van der Waals surface area contributed by atoms with E-state index in [9.17, 15) is 0 Å². The van der Waals surface area contributed by atoms with Gasteiger partial charge in [0.2, 0.25) is 5.95 Å². The van der Waals surface area contributed by atoms with Gasteiger partial charge in [0.05, 0.1) is 34.2 Å². The highest BCUT2D eigenvalue weighted by Gasteiger charge is 2.07. The first-order valence-corrected chi connectivity index (χ1v) is 7.52. The molecule has 0 aliphatic carbocycles. The largest absolute Gasteiger partial charge is 0.363 e. The van der Waals surface area contributed by atoms with Gasteiger partial charge >= 0.3 is 0 Å². The van der Waals surface area contributed by atoms with Crippen molar-refractivity contribution < 1.29 is 0 Å². The van der Waals surface area contributed by atoms with Gasteiger partial charge in [-0.2, -0.15) is 10.1 Å². The summed E-state index contributed by atoms with van der Waals surface area (Å²) in [5.41, 5.74) is 1.52.